The van der Waals surface area contributed by atoms with Crippen molar-refractivity contribution in [3.05, 3.63) is 48.5 Å². The van der Waals surface area contributed by atoms with E-state index >= 15 is 0 Å². The van der Waals surface area contributed by atoms with Gasteiger partial charge in [0.05, 0.1) is 18.5 Å². The first-order valence-corrected chi connectivity index (χ1v) is 10.2. The highest BCUT2D eigenvalue weighted by molar-refractivity contribution is 8.00. The molecule has 0 saturated carbocycles. The quantitative estimate of drug-likeness (QED) is 0.511. The van der Waals surface area contributed by atoms with Gasteiger partial charge in [-0.2, -0.15) is 0 Å². The van der Waals surface area contributed by atoms with Crippen LogP contribution in [0.4, 0.5) is 5.69 Å². The van der Waals surface area contributed by atoms with Gasteiger partial charge in [-0.3, -0.25) is 4.79 Å². The van der Waals surface area contributed by atoms with E-state index in [9.17, 15) is 4.79 Å². The van der Waals surface area contributed by atoms with Crippen LogP contribution in [0.1, 0.15) is 20.8 Å². The number of benzene rings is 2. The average Bonchev–Trinajstić information content (AvgIpc) is 3.19. The molecule has 1 atom stereocenters. The van der Waals surface area contributed by atoms with E-state index in [-0.39, 0.29) is 5.91 Å². The van der Waals surface area contributed by atoms with E-state index in [1.54, 1.807) is 19.1 Å². The predicted octanol–water partition coefficient (Wildman–Crippen LogP) is 4.65. The molecule has 1 aromatic heterocycles. The summed E-state index contributed by atoms with van der Waals surface area (Å²) in [4.78, 5) is 12.4. The molecule has 0 saturated heterocycles. The molecule has 0 unspecified atom stereocenters. The summed E-state index contributed by atoms with van der Waals surface area (Å²) in [6.07, 6.45) is 0. The zero-order valence-corrected chi connectivity index (χ0v) is 17.4. The average molecular weight is 413 g/mol. The Morgan fingerprint density at radius 3 is 2.17 bits per heavy atom. The Hall–Kier alpha value is -3.00. The van der Waals surface area contributed by atoms with Gasteiger partial charge in [-0.15, -0.1) is 10.2 Å². The number of anilines is 1. The van der Waals surface area contributed by atoms with Gasteiger partial charge in [-0.25, -0.2) is 0 Å². The molecule has 1 amide bonds. The van der Waals surface area contributed by atoms with Crippen molar-refractivity contribution in [3.63, 3.8) is 0 Å². The minimum absolute atomic E-state index is 0.153. The molecule has 29 heavy (non-hydrogen) atoms. The maximum atomic E-state index is 12.4. The Kier molecular flexibility index (Phi) is 7.13. The summed E-state index contributed by atoms with van der Waals surface area (Å²) in [5, 5.41) is 10.9. The van der Waals surface area contributed by atoms with Crippen LogP contribution in [0.5, 0.6) is 11.5 Å². The standard InChI is InChI=1S/C21H23N3O4S/c1-4-26-17-10-6-15(7-11-17)20-23-24-21(28-20)29-14(3)19(25)22-16-8-12-18(13-9-16)27-5-2/h6-14H,4-5H2,1-3H3,(H,22,25)/t14-/m1/s1. The van der Waals surface area contributed by atoms with Gasteiger partial charge < -0.3 is 19.2 Å². The van der Waals surface area contributed by atoms with Crippen LogP contribution in [0.25, 0.3) is 11.5 Å². The Bertz CT molecular complexity index is 926. The normalized spacial score (nSPS) is 11.7. The summed E-state index contributed by atoms with van der Waals surface area (Å²) in [7, 11) is 0. The van der Waals surface area contributed by atoms with Crippen molar-refractivity contribution in [3.8, 4) is 23.0 Å². The second kappa shape index (κ2) is 9.97. The summed E-state index contributed by atoms with van der Waals surface area (Å²) < 4.78 is 16.5. The highest BCUT2D eigenvalue weighted by Crippen LogP contribution is 2.28. The van der Waals surface area contributed by atoms with Gasteiger partial charge in [0, 0.05) is 11.3 Å². The molecule has 7 nitrogen and oxygen atoms in total. The number of carbonyl (C=O) groups excluding carboxylic acids is 1. The Labute approximate surface area is 173 Å². The van der Waals surface area contributed by atoms with Crippen LogP contribution in [0, 0.1) is 0 Å². The molecule has 0 aliphatic rings. The highest BCUT2D eigenvalue weighted by atomic mass is 32.2. The molecular formula is C21H23N3O4S. The van der Waals surface area contributed by atoms with Gasteiger partial charge in [0.15, 0.2) is 0 Å². The van der Waals surface area contributed by atoms with Crippen LogP contribution < -0.4 is 14.8 Å². The minimum Gasteiger partial charge on any atom is -0.494 e. The lowest BCUT2D eigenvalue weighted by Crippen LogP contribution is -2.22. The van der Waals surface area contributed by atoms with Crippen molar-refractivity contribution in [1.82, 2.24) is 10.2 Å². The number of nitrogens with one attached hydrogen (secondary N) is 1. The van der Waals surface area contributed by atoms with Gasteiger partial charge in [-0.1, -0.05) is 11.8 Å². The lowest BCUT2D eigenvalue weighted by atomic mass is 10.2. The first kappa shape index (κ1) is 20.7. The van der Waals surface area contributed by atoms with Crippen LogP contribution in [0.3, 0.4) is 0 Å². The second-order valence-electron chi connectivity index (χ2n) is 6.04. The fraction of sp³-hybridized carbons (Fsp3) is 0.286. The van der Waals surface area contributed by atoms with E-state index in [0.29, 0.717) is 30.0 Å². The number of hydrogen-bond acceptors (Lipinski definition) is 7. The van der Waals surface area contributed by atoms with Crippen molar-refractivity contribution in [2.45, 2.75) is 31.2 Å². The maximum Gasteiger partial charge on any atom is 0.277 e. The summed E-state index contributed by atoms with van der Waals surface area (Å²) in [5.74, 6) is 1.79. The van der Waals surface area contributed by atoms with Crippen molar-refractivity contribution < 1.29 is 18.7 Å². The number of aromatic nitrogens is 2. The van der Waals surface area contributed by atoms with Crippen LogP contribution in [-0.2, 0) is 4.79 Å². The molecule has 0 bridgehead atoms. The zero-order chi connectivity index (χ0) is 20.6. The monoisotopic (exact) mass is 413 g/mol. The Morgan fingerprint density at radius 1 is 1.00 bits per heavy atom. The van der Waals surface area contributed by atoms with E-state index in [1.807, 2.05) is 50.2 Å². The maximum absolute atomic E-state index is 12.4. The first-order chi connectivity index (χ1) is 14.1. The van der Waals surface area contributed by atoms with Crippen molar-refractivity contribution >= 4 is 23.4 Å². The summed E-state index contributed by atoms with van der Waals surface area (Å²) >= 11 is 1.21. The molecule has 1 N–H and O–H groups in total. The molecular weight excluding hydrogens is 390 g/mol. The fourth-order valence-corrected chi connectivity index (χ4v) is 3.17. The third-order valence-electron chi connectivity index (χ3n) is 3.90. The van der Waals surface area contributed by atoms with Crippen LogP contribution in [0.15, 0.2) is 58.2 Å². The molecule has 0 aliphatic heterocycles. The summed E-state index contributed by atoms with van der Waals surface area (Å²) in [5.41, 5.74) is 1.49. The van der Waals surface area contributed by atoms with Gasteiger partial charge in [0.1, 0.15) is 11.5 Å². The van der Waals surface area contributed by atoms with E-state index in [0.717, 1.165) is 17.1 Å². The number of ether oxygens (including phenoxy) is 2. The van der Waals surface area contributed by atoms with E-state index < -0.39 is 5.25 Å². The fourth-order valence-electron chi connectivity index (χ4n) is 2.48. The van der Waals surface area contributed by atoms with Crippen molar-refractivity contribution in [1.29, 1.82) is 0 Å². The van der Waals surface area contributed by atoms with Crippen molar-refractivity contribution in [2.24, 2.45) is 0 Å². The molecule has 0 radical (unpaired) electrons. The third-order valence-corrected chi connectivity index (χ3v) is 4.83. The van der Waals surface area contributed by atoms with Gasteiger partial charge >= 0.3 is 0 Å². The van der Waals surface area contributed by atoms with Gasteiger partial charge in [0.2, 0.25) is 11.8 Å². The molecule has 1 heterocycles. The van der Waals surface area contributed by atoms with E-state index in [2.05, 4.69) is 15.5 Å². The van der Waals surface area contributed by atoms with Crippen LogP contribution in [-0.4, -0.2) is 34.6 Å². The third kappa shape index (κ3) is 5.74. The summed E-state index contributed by atoms with van der Waals surface area (Å²) in [6.45, 7) is 6.85. The molecule has 0 fully saturated rings. The number of amides is 1. The lowest BCUT2D eigenvalue weighted by Gasteiger charge is -2.10. The number of rotatable bonds is 9. The molecule has 3 aromatic rings. The number of carbonyl (C=O) groups is 1. The summed E-state index contributed by atoms with van der Waals surface area (Å²) in [6, 6.07) is 14.7. The number of thioether (sulfide) groups is 1. The number of nitrogens with zero attached hydrogens (tertiary/aromatic N) is 2. The highest BCUT2D eigenvalue weighted by Gasteiger charge is 2.19. The largest absolute Gasteiger partial charge is 0.494 e. The smallest absolute Gasteiger partial charge is 0.277 e. The minimum atomic E-state index is -0.407. The molecule has 152 valence electrons. The molecule has 8 heteroatoms. The topological polar surface area (TPSA) is 86.5 Å². The first-order valence-electron chi connectivity index (χ1n) is 9.36. The van der Waals surface area contributed by atoms with Crippen LogP contribution >= 0.6 is 11.8 Å². The number of hydrogen-bond donors (Lipinski definition) is 1. The van der Waals surface area contributed by atoms with Gasteiger partial charge in [0.25, 0.3) is 5.22 Å². The van der Waals surface area contributed by atoms with Gasteiger partial charge in [-0.05, 0) is 69.3 Å². The van der Waals surface area contributed by atoms with E-state index in [4.69, 9.17) is 13.9 Å². The Morgan fingerprint density at radius 2 is 1.59 bits per heavy atom. The SMILES string of the molecule is CCOc1ccc(NC(=O)[C@@H](C)Sc2nnc(-c3ccc(OCC)cc3)o2)cc1. The zero-order valence-electron chi connectivity index (χ0n) is 16.5. The molecule has 3 rings (SSSR count). The molecule has 0 aliphatic carbocycles. The molecule has 0 spiro atoms. The molecule has 2 aromatic carbocycles. The van der Waals surface area contributed by atoms with Crippen LogP contribution in [0.2, 0.25) is 0 Å². The second-order valence-corrected chi connectivity index (χ2v) is 7.33. The van der Waals surface area contributed by atoms with E-state index in [1.165, 1.54) is 11.8 Å². The van der Waals surface area contributed by atoms with Crippen molar-refractivity contribution in [2.75, 3.05) is 18.5 Å². The predicted molar refractivity (Wildman–Crippen MR) is 112 cm³/mol. The lowest BCUT2D eigenvalue weighted by molar-refractivity contribution is -0.115. The Balaban J connectivity index is 1.57.